The van der Waals surface area contributed by atoms with Crippen molar-refractivity contribution in [1.29, 1.82) is 0 Å². The van der Waals surface area contributed by atoms with Gasteiger partial charge in [-0.1, -0.05) is 56.7 Å². The molecule has 0 aliphatic carbocycles. The summed E-state index contributed by atoms with van der Waals surface area (Å²) in [7, 11) is -3.60. The SMILES string of the molecule is Cc1ccc(S(=O)(=O)N2CCC[C@H](C(=O)Nc3ccccc3C(C)(C)C)C2)cc1. The lowest BCUT2D eigenvalue weighted by Crippen LogP contribution is -2.43. The second-order valence-electron chi connectivity index (χ2n) is 8.80. The maximum absolute atomic E-state index is 13.0. The van der Waals surface area contributed by atoms with Crippen molar-refractivity contribution in [2.75, 3.05) is 18.4 Å². The van der Waals surface area contributed by atoms with E-state index in [4.69, 9.17) is 0 Å². The van der Waals surface area contributed by atoms with Crippen LogP contribution < -0.4 is 5.32 Å². The predicted octanol–water partition coefficient (Wildman–Crippen LogP) is 4.33. The Morgan fingerprint density at radius 2 is 1.72 bits per heavy atom. The molecular weight excluding hydrogens is 384 g/mol. The molecule has 1 fully saturated rings. The Labute approximate surface area is 174 Å². The van der Waals surface area contributed by atoms with Gasteiger partial charge >= 0.3 is 0 Å². The topological polar surface area (TPSA) is 66.5 Å². The van der Waals surface area contributed by atoms with Crippen molar-refractivity contribution in [1.82, 2.24) is 4.31 Å². The quantitative estimate of drug-likeness (QED) is 0.810. The number of sulfonamides is 1. The van der Waals surface area contributed by atoms with Crippen molar-refractivity contribution in [3.63, 3.8) is 0 Å². The molecule has 1 heterocycles. The summed E-state index contributed by atoms with van der Waals surface area (Å²) in [5, 5.41) is 3.05. The molecule has 1 saturated heterocycles. The first-order chi connectivity index (χ1) is 13.6. The Kier molecular flexibility index (Phi) is 6.15. The van der Waals surface area contributed by atoms with Gasteiger partial charge in [0.2, 0.25) is 15.9 Å². The number of benzene rings is 2. The second kappa shape index (κ2) is 8.28. The molecule has 1 amide bonds. The zero-order valence-corrected chi connectivity index (χ0v) is 18.4. The average Bonchev–Trinajstić information content (AvgIpc) is 2.68. The Bertz CT molecular complexity index is 976. The fourth-order valence-corrected chi connectivity index (χ4v) is 5.24. The number of carbonyl (C=O) groups excluding carboxylic acids is 1. The van der Waals surface area contributed by atoms with E-state index in [1.807, 2.05) is 31.2 Å². The molecule has 1 atom stereocenters. The summed E-state index contributed by atoms with van der Waals surface area (Å²) in [6.07, 6.45) is 1.35. The van der Waals surface area contributed by atoms with Crippen LogP contribution in [0.1, 0.15) is 44.7 Å². The molecule has 6 heteroatoms. The van der Waals surface area contributed by atoms with Crippen molar-refractivity contribution >= 4 is 21.6 Å². The summed E-state index contributed by atoms with van der Waals surface area (Å²) < 4.78 is 27.5. The third-order valence-corrected chi connectivity index (χ3v) is 7.29. The molecule has 0 saturated carbocycles. The van der Waals surface area contributed by atoms with Gasteiger partial charge in [0.25, 0.3) is 0 Å². The van der Waals surface area contributed by atoms with Crippen LogP contribution in [0.3, 0.4) is 0 Å². The van der Waals surface area contributed by atoms with E-state index in [0.29, 0.717) is 19.4 Å². The van der Waals surface area contributed by atoms with Gasteiger partial charge in [-0.15, -0.1) is 0 Å². The van der Waals surface area contributed by atoms with Crippen molar-refractivity contribution in [2.45, 2.75) is 50.8 Å². The van der Waals surface area contributed by atoms with Gasteiger partial charge in [0, 0.05) is 18.8 Å². The first-order valence-corrected chi connectivity index (χ1v) is 11.5. The number of carbonyl (C=O) groups is 1. The third kappa shape index (κ3) is 4.87. The van der Waals surface area contributed by atoms with Crippen LogP contribution in [0.15, 0.2) is 53.4 Å². The number of amides is 1. The van der Waals surface area contributed by atoms with Gasteiger partial charge in [0.05, 0.1) is 10.8 Å². The van der Waals surface area contributed by atoms with Crippen LogP contribution in [0, 0.1) is 12.8 Å². The molecule has 0 radical (unpaired) electrons. The molecule has 3 rings (SSSR count). The number of para-hydroxylation sites is 1. The fourth-order valence-electron chi connectivity index (χ4n) is 3.71. The number of rotatable bonds is 4. The molecule has 0 bridgehead atoms. The van der Waals surface area contributed by atoms with Crippen molar-refractivity contribution in [3.05, 3.63) is 59.7 Å². The van der Waals surface area contributed by atoms with Gasteiger partial charge in [0.1, 0.15) is 0 Å². The van der Waals surface area contributed by atoms with Crippen molar-refractivity contribution in [2.24, 2.45) is 5.92 Å². The Hall–Kier alpha value is -2.18. The summed E-state index contributed by atoms with van der Waals surface area (Å²) in [6.45, 7) is 8.89. The van der Waals surface area contributed by atoms with Gasteiger partial charge in [-0.05, 0) is 48.9 Å². The number of aryl methyl sites for hydroxylation is 1. The van der Waals surface area contributed by atoms with Gasteiger partial charge in [-0.3, -0.25) is 4.79 Å². The molecule has 2 aromatic carbocycles. The minimum atomic E-state index is -3.60. The van der Waals surface area contributed by atoms with E-state index in [1.54, 1.807) is 24.3 Å². The van der Waals surface area contributed by atoms with Crippen LogP contribution in [-0.2, 0) is 20.2 Å². The molecule has 1 N–H and O–H groups in total. The normalized spacial score (nSPS) is 18.4. The van der Waals surface area contributed by atoms with Crippen LogP contribution >= 0.6 is 0 Å². The monoisotopic (exact) mass is 414 g/mol. The molecule has 0 aromatic heterocycles. The minimum Gasteiger partial charge on any atom is -0.326 e. The van der Waals surface area contributed by atoms with E-state index in [9.17, 15) is 13.2 Å². The van der Waals surface area contributed by atoms with E-state index < -0.39 is 10.0 Å². The third-order valence-electron chi connectivity index (χ3n) is 5.41. The lowest BCUT2D eigenvalue weighted by molar-refractivity contribution is -0.120. The highest BCUT2D eigenvalue weighted by atomic mass is 32.2. The largest absolute Gasteiger partial charge is 0.326 e. The maximum atomic E-state index is 13.0. The number of nitrogens with zero attached hydrogens (tertiary/aromatic N) is 1. The molecule has 0 spiro atoms. The molecule has 1 aliphatic rings. The number of piperidine rings is 1. The van der Waals surface area contributed by atoms with Gasteiger partial charge in [-0.2, -0.15) is 4.31 Å². The highest BCUT2D eigenvalue weighted by Crippen LogP contribution is 2.30. The van der Waals surface area contributed by atoms with Crippen LogP contribution in [0.2, 0.25) is 0 Å². The highest BCUT2D eigenvalue weighted by molar-refractivity contribution is 7.89. The zero-order valence-electron chi connectivity index (χ0n) is 17.6. The second-order valence-corrected chi connectivity index (χ2v) is 10.7. The van der Waals surface area contributed by atoms with E-state index in [0.717, 1.165) is 16.8 Å². The maximum Gasteiger partial charge on any atom is 0.243 e. The standard InChI is InChI=1S/C23H30N2O3S/c1-17-11-13-19(14-12-17)29(27,28)25-15-7-8-18(16-25)22(26)24-21-10-6-5-9-20(21)23(2,3)4/h5-6,9-14,18H,7-8,15-16H2,1-4H3,(H,24,26)/t18-/m0/s1. The van der Waals surface area contributed by atoms with Crippen molar-refractivity contribution < 1.29 is 13.2 Å². The molecular formula is C23H30N2O3S. The highest BCUT2D eigenvalue weighted by Gasteiger charge is 2.33. The molecule has 2 aromatic rings. The van der Waals surface area contributed by atoms with Crippen LogP contribution in [0.4, 0.5) is 5.69 Å². The molecule has 0 unspecified atom stereocenters. The Morgan fingerprint density at radius 3 is 2.38 bits per heavy atom. The summed E-state index contributed by atoms with van der Waals surface area (Å²) in [5.41, 5.74) is 2.77. The minimum absolute atomic E-state index is 0.0999. The van der Waals surface area contributed by atoms with Crippen molar-refractivity contribution in [3.8, 4) is 0 Å². The van der Waals surface area contributed by atoms with Crippen LogP contribution in [-0.4, -0.2) is 31.7 Å². The molecule has 1 aliphatic heterocycles. The van der Waals surface area contributed by atoms with Crippen LogP contribution in [0.5, 0.6) is 0 Å². The average molecular weight is 415 g/mol. The number of hydrogen-bond acceptors (Lipinski definition) is 3. The fraction of sp³-hybridized carbons (Fsp3) is 0.435. The molecule has 156 valence electrons. The van der Waals surface area contributed by atoms with E-state index in [-0.39, 0.29) is 28.7 Å². The van der Waals surface area contributed by atoms with E-state index in [2.05, 4.69) is 26.1 Å². The summed E-state index contributed by atoms with van der Waals surface area (Å²) in [6, 6.07) is 14.6. The van der Waals surface area contributed by atoms with E-state index >= 15 is 0 Å². The lowest BCUT2D eigenvalue weighted by Gasteiger charge is -2.32. The summed E-state index contributed by atoms with van der Waals surface area (Å²) >= 11 is 0. The lowest BCUT2D eigenvalue weighted by atomic mass is 9.85. The van der Waals surface area contributed by atoms with Gasteiger partial charge in [-0.25, -0.2) is 8.42 Å². The molecule has 29 heavy (non-hydrogen) atoms. The first-order valence-electron chi connectivity index (χ1n) is 10.1. The summed E-state index contributed by atoms with van der Waals surface area (Å²) in [4.78, 5) is 13.2. The smallest absolute Gasteiger partial charge is 0.243 e. The Morgan fingerprint density at radius 1 is 1.07 bits per heavy atom. The van der Waals surface area contributed by atoms with Crippen LogP contribution in [0.25, 0.3) is 0 Å². The number of hydrogen-bond donors (Lipinski definition) is 1. The molecule has 5 nitrogen and oxygen atoms in total. The first kappa shape index (κ1) is 21.5. The zero-order chi connectivity index (χ0) is 21.2. The predicted molar refractivity (Wildman–Crippen MR) is 116 cm³/mol. The van der Waals surface area contributed by atoms with Gasteiger partial charge in [0.15, 0.2) is 0 Å². The van der Waals surface area contributed by atoms with E-state index in [1.165, 1.54) is 4.31 Å². The van der Waals surface area contributed by atoms with Gasteiger partial charge < -0.3 is 5.32 Å². The number of anilines is 1. The summed E-state index contributed by atoms with van der Waals surface area (Å²) in [5.74, 6) is -0.484. The number of nitrogens with one attached hydrogen (secondary N) is 1. The Balaban J connectivity index is 1.76.